The minimum atomic E-state index is -3.91. The van der Waals surface area contributed by atoms with Crippen LogP contribution in [-0.4, -0.2) is 84.8 Å². The van der Waals surface area contributed by atoms with Crippen molar-refractivity contribution < 1.29 is 37.2 Å². The minimum absolute atomic E-state index is 0.00745. The summed E-state index contributed by atoms with van der Waals surface area (Å²) in [6, 6.07) is 13.2. The van der Waals surface area contributed by atoms with Gasteiger partial charge in [-0.05, 0) is 77.1 Å². The number of sulfonamides is 1. The van der Waals surface area contributed by atoms with Gasteiger partial charge in [-0.25, -0.2) is 8.42 Å². The summed E-state index contributed by atoms with van der Waals surface area (Å²) in [6.45, 7) is 9.45. The number of hydrogen-bond acceptors (Lipinski definition) is 10. The Bertz CT molecular complexity index is 2320. The van der Waals surface area contributed by atoms with Crippen molar-refractivity contribution in [2.45, 2.75) is 75.4 Å². The van der Waals surface area contributed by atoms with E-state index in [4.69, 9.17) is 9.57 Å². The lowest BCUT2D eigenvalue weighted by Gasteiger charge is -2.35. The molecule has 13 nitrogen and oxygen atoms in total. The molecule has 3 heterocycles. The number of ether oxygens (including phenoxy) is 1. The molecule has 3 N–H and O–H groups in total. The minimum Gasteiger partial charge on any atom is -0.490 e. The molecule has 5 atom stereocenters. The molecule has 3 aromatic rings. The fraction of sp³-hybridized carbons (Fsp3) is 0.390. The van der Waals surface area contributed by atoms with E-state index in [-0.39, 0.29) is 26.0 Å². The topological polar surface area (TPSA) is 173 Å². The Morgan fingerprint density at radius 3 is 2.54 bits per heavy atom. The van der Waals surface area contributed by atoms with Crippen molar-refractivity contribution in [1.29, 1.82) is 0 Å². The molecule has 2 aromatic carbocycles. The molecule has 3 unspecified atom stereocenters. The number of thiophene rings is 1. The summed E-state index contributed by atoms with van der Waals surface area (Å²) >= 11 is 1.24. The van der Waals surface area contributed by atoms with Gasteiger partial charge in [-0.15, -0.1) is 17.9 Å². The molecule has 1 aromatic heterocycles. The van der Waals surface area contributed by atoms with E-state index in [0.29, 0.717) is 34.7 Å². The highest BCUT2D eigenvalue weighted by Crippen LogP contribution is 2.46. The highest BCUT2D eigenvalue weighted by Gasteiger charge is 2.62. The molecule has 0 spiro atoms. The van der Waals surface area contributed by atoms with Gasteiger partial charge in [-0.1, -0.05) is 62.3 Å². The summed E-state index contributed by atoms with van der Waals surface area (Å²) in [5, 5.41) is 11.6. The van der Waals surface area contributed by atoms with Crippen LogP contribution in [0, 0.1) is 11.3 Å². The Balaban J connectivity index is 1.16. The predicted octanol–water partition coefficient (Wildman–Crippen LogP) is 4.39. The lowest BCUT2D eigenvalue weighted by atomic mass is 9.85. The molecule has 3 fully saturated rings. The summed E-state index contributed by atoms with van der Waals surface area (Å²) < 4.78 is 33.8. The number of amides is 4. The zero-order valence-corrected chi connectivity index (χ0v) is 32.9. The first-order chi connectivity index (χ1) is 26.7. The van der Waals surface area contributed by atoms with Crippen molar-refractivity contribution in [2.24, 2.45) is 16.5 Å². The van der Waals surface area contributed by atoms with Gasteiger partial charge in [0.1, 0.15) is 41.8 Å². The fourth-order valence-corrected chi connectivity index (χ4v) is 9.84. The van der Waals surface area contributed by atoms with E-state index < -0.39 is 74.0 Å². The Kier molecular flexibility index (Phi) is 9.43. The van der Waals surface area contributed by atoms with Crippen molar-refractivity contribution >= 4 is 56.8 Å². The van der Waals surface area contributed by atoms with E-state index >= 15 is 0 Å². The first kappa shape index (κ1) is 37.6. The number of nitrogens with one attached hydrogen (secondary N) is 3. The summed E-state index contributed by atoms with van der Waals surface area (Å²) in [7, 11) is -3.91. The molecule has 2 saturated carbocycles. The fourth-order valence-electron chi connectivity index (χ4n) is 7.69. The molecule has 0 radical (unpaired) electrons. The van der Waals surface area contributed by atoms with Crippen molar-refractivity contribution in [1.82, 2.24) is 20.3 Å². The second kappa shape index (κ2) is 14.0. The molecule has 3 aliphatic carbocycles. The van der Waals surface area contributed by atoms with Crippen LogP contribution < -0.4 is 20.1 Å². The molecule has 4 amide bonds. The standard InChI is InChI=1S/C41H43N5O8S2/c1-5-24-21-41(24,39(50)45-56(51,52)27-13-14-27)43-36(47)32-20-26-22-46(32)38(49)35(40(2,3)4)42-37(48)34-23(16-18-55-34)9-8-17-53-25-12-15-29-28-10-6-7-11-30(28)33(44-54-26)31(29)19-25/h5-12,15-16,18-19,24,26-27,32,35H,1,13-14,17,20-22H2,2-4H3,(H,42,48)(H,43,47)(H,45,50)/b9-8+,44-33+/t24-,26?,32?,35-,41?/m1/s1. The van der Waals surface area contributed by atoms with Gasteiger partial charge in [0, 0.05) is 23.5 Å². The molecular formula is C41H43N5O8S2. The summed E-state index contributed by atoms with van der Waals surface area (Å²) in [4.78, 5) is 64.6. The van der Waals surface area contributed by atoms with E-state index in [0.717, 1.165) is 22.3 Å². The predicted molar refractivity (Wildman–Crippen MR) is 211 cm³/mol. The van der Waals surface area contributed by atoms with Crippen LogP contribution in [0.3, 0.4) is 0 Å². The second-order valence-electron chi connectivity index (χ2n) is 16.0. The number of hydrogen-bond donors (Lipinski definition) is 3. The molecule has 56 heavy (non-hydrogen) atoms. The van der Waals surface area contributed by atoms with Gasteiger partial charge in [0.25, 0.3) is 11.8 Å². The van der Waals surface area contributed by atoms with Crippen LogP contribution in [0.2, 0.25) is 0 Å². The van der Waals surface area contributed by atoms with Gasteiger partial charge >= 0.3 is 0 Å². The molecular weight excluding hydrogens is 755 g/mol. The summed E-state index contributed by atoms with van der Waals surface area (Å²) in [6.07, 6.45) is 5.43. The van der Waals surface area contributed by atoms with Crippen LogP contribution in [0.5, 0.6) is 5.75 Å². The molecule has 8 rings (SSSR count). The second-order valence-corrected chi connectivity index (χ2v) is 18.9. The van der Waals surface area contributed by atoms with Crippen LogP contribution in [0.1, 0.15) is 72.8 Å². The maximum Gasteiger partial charge on any atom is 0.262 e. The molecule has 292 valence electrons. The van der Waals surface area contributed by atoms with Crippen LogP contribution >= 0.6 is 11.3 Å². The van der Waals surface area contributed by atoms with Crippen molar-refractivity contribution in [3.05, 3.63) is 94.2 Å². The Labute approximate surface area is 329 Å². The van der Waals surface area contributed by atoms with E-state index in [2.05, 4.69) is 27.1 Å². The number of nitrogens with zero attached hydrogens (tertiary/aromatic N) is 2. The van der Waals surface area contributed by atoms with Crippen LogP contribution in [0.25, 0.3) is 17.2 Å². The highest BCUT2D eigenvalue weighted by molar-refractivity contribution is 7.91. The van der Waals surface area contributed by atoms with E-state index in [1.165, 1.54) is 22.3 Å². The Morgan fingerprint density at radius 2 is 1.82 bits per heavy atom. The number of carbonyl (C=O) groups excluding carboxylic acids is 4. The third kappa shape index (κ3) is 6.91. The molecule has 5 aliphatic rings. The Morgan fingerprint density at radius 1 is 1.07 bits per heavy atom. The van der Waals surface area contributed by atoms with Crippen molar-refractivity contribution in [3.8, 4) is 16.9 Å². The van der Waals surface area contributed by atoms with Crippen LogP contribution in [0.4, 0.5) is 0 Å². The molecule has 4 bridgehead atoms. The number of fused-ring (bicyclic) bond motifs is 7. The first-order valence-corrected chi connectivity index (χ1v) is 21.1. The number of benzene rings is 2. The van der Waals surface area contributed by atoms with Gasteiger partial charge in [0.15, 0.2) is 0 Å². The first-order valence-electron chi connectivity index (χ1n) is 18.7. The molecule has 15 heteroatoms. The smallest absolute Gasteiger partial charge is 0.262 e. The summed E-state index contributed by atoms with van der Waals surface area (Å²) in [5.41, 5.74) is 2.44. The van der Waals surface area contributed by atoms with Crippen LogP contribution in [0.15, 0.2) is 77.8 Å². The Hall–Kier alpha value is -5.28. The van der Waals surface area contributed by atoms with Gasteiger partial charge < -0.3 is 25.1 Å². The normalized spacial score (nSPS) is 27.3. The van der Waals surface area contributed by atoms with Crippen molar-refractivity contribution in [2.75, 3.05) is 13.2 Å². The lowest BCUT2D eigenvalue weighted by molar-refractivity contribution is -0.142. The van der Waals surface area contributed by atoms with Crippen molar-refractivity contribution in [3.63, 3.8) is 0 Å². The van der Waals surface area contributed by atoms with Gasteiger partial charge in [0.2, 0.25) is 21.8 Å². The maximum absolute atomic E-state index is 14.8. The lowest BCUT2D eigenvalue weighted by Crippen LogP contribution is -2.60. The quantitative estimate of drug-likeness (QED) is 0.241. The largest absolute Gasteiger partial charge is 0.490 e. The van der Waals surface area contributed by atoms with Gasteiger partial charge in [-0.2, -0.15) is 0 Å². The number of rotatable bonds is 6. The SMILES string of the molecule is C=C[C@@H]1CC1(NC(=O)C1CC2CN1C(=O)[C@H](C(C)(C)C)NC(=O)c1sccc1/C=C/COc1ccc3c(c1)/C(=N/O2)c1ccccc1-3)C(=O)NS(=O)(=O)C1CC1. The third-order valence-corrected chi connectivity index (χ3v) is 13.8. The monoisotopic (exact) mass is 797 g/mol. The van der Waals surface area contributed by atoms with E-state index in [1.807, 2.05) is 75.4 Å². The summed E-state index contributed by atoms with van der Waals surface area (Å²) in [5.74, 6) is -2.38. The highest BCUT2D eigenvalue weighted by atomic mass is 32.2. The van der Waals surface area contributed by atoms with E-state index in [1.54, 1.807) is 11.5 Å². The molecule has 1 saturated heterocycles. The molecule has 2 aliphatic heterocycles. The van der Waals surface area contributed by atoms with Crippen LogP contribution in [-0.2, 0) is 29.2 Å². The zero-order chi connectivity index (χ0) is 39.6. The maximum atomic E-state index is 14.8. The van der Waals surface area contributed by atoms with Gasteiger partial charge in [-0.3, -0.25) is 23.9 Å². The average Bonchev–Trinajstić information content (AvgIpc) is 4.01. The van der Waals surface area contributed by atoms with E-state index in [9.17, 15) is 27.6 Å². The zero-order valence-electron chi connectivity index (χ0n) is 31.2. The number of carbonyl (C=O) groups is 4. The average molecular weight is 798 g/mol. The number of oxime groups is 1. The van der Waals surface area contributed by atoms with Gasteiger partial charge in [0.05, 0.1) is 16.7 Å². The third-order valence-electron chi connectivity index (χ3n) is 11.0.